The molecule has 1 aromatic heterocycles. The molecule has 1 N–H and O–H groups in total. The molecule has 1 aliphatic heterocycles. The molecule has 1 aromatic rings. The van der Waals surface area contributed by atoms with Crippen molar-refractivity contribution < 1.29 is 9.15 Å². The number of aromatic nitrogens is 2. The Balaban J connectivity index is 2.07. The van der Waals surface area contributed by atoms with Crippen LogP contribution in [0.25, 0.3) is 0 Å². The third kappa shape index (κ3) is 1.93. The summed E-state index contributed by atoms with van der Waals surface area (Å²) in [5, 5.41) is 11.2. The summed E-state index contributed by atoms with van der Waals surface area (Å²) in [5.74, 6) is 1.53. The molecule has 0 unspecified atom stereocenters. The Morgan fingerprint density at radius 3 is 2.86 bits per heavy atom. The monoisotopic (exact) mass is 197 g/mol. The van der Waals surface area contributed by atoms with E-state index >= 15 is 0 Å². The molecule has 1 atom stereocenters. The normalized spacial score (nSPS) is 22.9. The zero-order chi connectivity index (χ0) is 9.97. The van der Waals surface area contributed by atoms with Gasteiger partial charge in [0.2, 0.25) is 11.8 Å². The van der Waals surface area contributed by atoms with E-state index in [1.54, 1.807) is 0 Å². The minimum atomic E-state index is -0.0799. The minimum Gasteiger partial charge on any atom is -0.422 e. The summed E-state index contributed by atoms with van der Waals surface area (Å²) in [4.78, 5) is 0. The first-order valence-corrected chi connectivity index (χ1v) is 4.93. The van der Waals surface area contributed by atoms with Crippen LogP contribution in [0.2, 0.25) is 0 Å². The summed E-state index contributed by atoms with van der Waals surface area (Å²) in [6.45, 7) is 6.39. The molecule has 1 fully saturated rings. The number of hydrogen-bond donors (Lipinski definition) is 1. The second kappa shape index (κ2) is 4.06. The summed E-state index contributed by atoms with van der Waals surface area (Å²) in [5.41, 5.74) is 0. The molecular weight excluding hydrogens is 182 g/mol. The second-order valence-electron chi connectivity index (χ2n) is 3.70. The number of hydrogen-bond acceptors (Lipinski definition) is 5. The SMILES string of the molecule is CC(C)c1nnc([C@H]2CNCCO2)o1. The van der Waals surface area contributed by atoms with E-state index in [9.17, 15) is 0 Å². The van der Waals surface area contributed by atoms with Gasteiger partial charge in [-0.2, -0.15) is 0 Å². The standard InChI is InChI=1S/C9H15N3O2/c1-6(2)8-11-12-9(14-8)7-5-10-3-4-13-7/h6-7,10H,3-5H2,1-2H3/t7-/m1/s1. The molecule has 5 nitrogen and oxygen atoms in total. The predicted octanol–water partition coefficient (Wildman–Crippen LogP) is 0.854. The molecule has 0 spiro atoms. The maximum Gasteiger partial charge on any atom is 0.246 e. The molecule has 0 amide bonds. The first-order chi connectivity index (χ1) is 6.77. The maximum absolute atomic E-state index is 5.50. The number of morpholine rings is 1. The number of rotatable bonds is 2. The van der Waals surface area contributed by atoms with Crippen molar-refractivity contribution >= 4 is 0 Å². The molecule has 2 rings (SSSR count). The third-order valence-electron chi connectivity index (χ3n) is 2.15. The van der Waals surface area contributed by atoms with Crippen LogP contribution in [0.15, 0.2) is 4.42 Å². The first-order valence-electron chi connectivity index (χ1n) is 4.93. The van der Waals surface area contributed by atoms with Gasteiger partial charge >= 0.3 is 0 Å². The molecule has 0 saturated carbocycles. The van der Waals surface area contributed by atoms with E-state index in [1.807, 2.05) is 13.8 Å². The topological polar surface area (TPSA) is 60.2 Å². The van der Waals surface area contributed by atoms with Crippen LogP contribution in [-0.4, -0.2) is 29.9 Å². The predicted molar refractivity (Wildman–Crippen MR) is 49.9 cm³/mol. The molecule has 5 heteroatoms. The van der Waals surface area contributed by atoms with Gasteiger partial charge < -0.3 is 14.5 Å². The maximum atomic E-state index is 5.50. The van der Waals surface area contributed by atoms with E-state index in [2.05, 4.69) is 15.5 Å². The van der Waals surface area contributed by atoms with E-state index in [-0.39, 0.29) is 12.0 Å². The van der Waals surface area contributed by atoms with Gasteiger partial charge in [0.25, 0.3) is 0 Å². The molecule has 0 radical (unpaired) electrons. The van der Waals surface area contributed by atoms with Crippen molar-refractivity contribution in [3.63, 3.8) is 0 Å². The van der Waals surface area contributed by atoms with Gasteiger partial charge in [-0.05, 0) is 0 Å². The van der Waals surface area contributed by atoms with E-state index in [0.29, 0.717) is 18.4 Å². The van der Waals surface area contributed by atoms with Gasteiger partial charge in [0, 0.05) is 19.0 Å². The lowest BCUT2D eigenvalue weighted by Crippen LogP contribution is -2.33. The van der Waals surface area contributed by atoms with Crippen molar-refractivity contribution in [1.82, 2.24) is 15.5 Å². The average Bonchev–Trinajstić information content (AvgIpc) is 2.68. The fraction of sp³-hybridized carbons (Fsp3) is 0.778. The lowest BCUT2D eigenvalue weighted by Gasteiger charge is -2.20. The second-order valence-corrected chi connectivity index (χ2v) is 3.70. The van der Waals surface area contributed by atoms with Crippen molar-refractivity contribution in [3.8, 4) is 0 Å². The highest BCUT2D eigenvalue weighted by Gasteiger charge is 2.22. The van der Waals surface area contributed by atoms with E-state index in [4.69, 9.17) is 9.15 Å². The Labute approximate surface area is 82.8 Å². The van der Waals surface area contributed by atoms with E-state index < -0.39 is 0 Å². The Bertz CT molecular complexity index is 292. The number of ether oxygens (including phenoxy) is 1. The van der Waals surface area contributed by atoms with Crippen molar-refractivity contribution in [2.75, 3.05) is 19.7 Å². The summed E-state index contributed by atoms with van der Waals surface area (Å²) >= 11 is 0. The zero-order valence-corrected chi connectivity index (χ0v) is 8.49. The quantitative estimate of drug-likeness (QED) is 0.761. The lowest BCUT2D eigenvalue weighted by atomic mass is 10.2. The lowest BCUT2D eigenvalue weighted by molar-refractivity contribution is 0.0101. The Kier molecular flexibility index (Phi) is 2.79. The third-order valence-corrected chi connectivity index (χ3v) is 2.15. The summed E-state index contributed by atoms with van der Waals surface area (Å²) < 4.78 is 11.0. The van der Waals surface area contributed by atoms with Gasteiger partial charge in [-0.25, -0.2) is 0 Å². The molecular formula is C9H15N3O2. The Hall–Kier alpha value is -0.940. The molecule has 1 aliphatic rings. The molecule has 0 bridgehead atoms. The molecule has 0 aromatic carbocycles. The van der Waals surface area contributed by atoms with Gasteiger partial charge in [-0.15, -0.1) is 10.2 Å². The van der Waals surface area contributed by atoms with Crippen LogP contribution in [-0.2, 0) is 4.74 Å². The molecule has 1 saturated heterocycles. The molecule has 2 heterocycles. The van der Waals surface area contributed by atoms with E-state index in [1.165, 1.54) is 0 Å². The van der Waals surface area contributed by atoms with Crippen LogP contribution in [0.3, 0.4) is 0 Å². The van der Waals surface area contributed by atoms with Crippen molar-refractivity contribution in [3.05, 3.63) is 11.8 Å². The average molecular weight is 197 g/mol. The molecule has 0 aliphatic carbocycles. The molecule has 78 valence electrons. The fourth-order valence-corrected chi connectivity index (χ4v) is 1.33. The summed E-state index contributed by atoms with van der Waals surface area (Å²) in [6, 6.07) is 0. The molecule has 14 heavy (non-hydrogen) atoms. The van der Waals surface area contributed by atoms with Crippen LogP contribution in [0.5, 0.6) is 0 Å². The van der Waals surface area contributed by atoms with Crippen LogP contribution in [0.4, 0.5) is 0 Å². The Morgan fingerprint density at radius 2 is 2.29 bits per heavy atom. The fourth-order valence-electron chi connectivity index (χ4n) is 1.33. The van der Waals surface area contributed by atoms with Gasteiger partial charge in [0.1, 0.15) is 6.10 Å². The van der Waals surface area contributed by atoms with Crippen molar-refractivity contribution in [2.45, 2.75) is 25.9 Å². The highest BCUT2D eigenvalue weighted by molar-refractivity contribution is 4.92. The smallest absolute Gasteiger partial charge is 0.246 e. The Morgan fingerprint density at radius 1 is 1.43 bits per heavy atom. The highest BCUT2D eigenvalue weighted by atomic mass is 16.5. The van der Waals surface area contributed by atoms with Crippen LogP contribution >= 0.6 is 0 Å². The van der Waals surface area contributed by atoms with Gasteiger partial charge in [-0.1, -0.05) is 13.8 Å². The van der Waals surface area contributed by atoms with Gasteiger partial charge in [0.05, 0.1) is 6.61 Å². The van der Waals surface area contributed by atoms with Crippen LogP contribution in [0.1, 0.15) is 37.7 Å². The van der Waals surface area contributed by atoms with Crippen molar-refractivity contribution in [2.24, 2.45) is 0 Å². The summed E-state index contributed by atoms with van der Waals surface area (Å²) in [7, 11) is 0. The van der Waals surface area contributed by atoms with Crippen LogP contribution < -0.4 is 5.32 Å². The minimum absolute atomic E-state index is 0.0799. The zero-order valence-electron chi connectivity index (χ0n) is 8.49. The largest absolute Gasteiger partial charge is 0.422 e. The number of nitrogens with zero attached hydrogens (tertiary/aromatic N) is 2. The number of nitrogens with one attached hydrogen (secondary N) is 1. The van der Waals surface area contributed by atoms with Gasteiger partial charge in [-0.3, -0.25) is 0 Å². The summed E-state index contributed by atoms with van der Waals surface area (Å²) in [6.07, 6.45) is -0.0799. The van der Waals surface area contributed by atoms with Crippen molar-refractivity contribution in [1.29, 1.82) is 0 Å². The first kappa shape index (κ1) is 9.61. The van der Waals surface area contributed by atoms with Crippen LogP contribution in [0, 0.1) is 0 Å². The van der Waals surface area contributed by atoms with E-state index in [0.717, 1.165) is 13.1 Å². The van der Waals surface area contributed by atoms with Gasteiger partial charge in [0.15, 0.2) is 0 Å². The highest BCUT2D eigenvalue weighted by Crippen LogP contribution is 2.20.